The van der Waals surface area contributed by atoms with Gasteiger partial charge in [0.1, 0.15) is 0 Å². The molecule has 440 valence electrons. The summed E-state index contributed by atoms with van der Waals surface area (Å²) in [7, 11) is 0. The molecule has 4 aliphatic heterocycles. The molecule has 0 amide bonds. The van der Waals surface area contributed by atoms with E-state index in [4.69, 9.17) is 0 Å². The highest BCUT2D eigenvalue weighted by atomic mass is 14.4. The predicted molar refractivity (Wildman–Crippen MR) is 365 cm³/mol. The molecule has 0 atom stereocenters. The molecule has 102 heavy (non-hydrogen) atoms. The molecule has 0 spiro atoms. The summed E-state index contributed by atoms with van der Waals surface area (Å²) in [5.41, 5.74) is -2.84. The van der Waals surface area contributed by atoms with Gasteiger partial charge in [0.05, 0.1) is 186 Å². The van der Waals surface area contributed by atoms with Crippen molar-refractivity contribution in [1.82, 2.24) is 0 Å². The normalized spacial score (nSPS) is 11.1. The first-order valence-corrected chi connectivity index (χ1v) is 29.9. The summed E-state index contributed by atoms with van der Waals surface area (Å²) in [5.74, 6) is 8.83. The first kappa shape index (κ1) is 62.0. The van der Waals surface area contributed by atoms with E-state index in [1.165, 1.54) is 97.1 Å². The fraction of sp³-hybridized carbons (Fsp3) is 0. The predicted octanol–water partition coefficient (Wildman–Crippen LogP) is 6.02. The highest BCUT2D eigenvalue weighted by Crippen LogP contribution is 2.52. The van der Waals surface area contributed by atoms with Crippen molar-refractivity contribution in [2.24, 2.45) is 0 Å². The highest BCUT2D eigenvalue weighted by Gasteiger charge is 2.46. The zero-order chi connectivity index (χ0) is 72.0. The molecule has 2 aliphatic carbocycles. The molecular formula is C78H16B4N20. The van der Waals surface area contributed by atoms with E-state index < -0.39 is 26.9 Å². The maximum Gasteiger partial charge on any atom is 0.336 e. The summed E-state index contributed by atoms with van der Waals surface area (Å²) >= 11 is 0. The van der Waals surface area contributed by atoms with Crippen LogP contribution in [0.25, 0.3) is 100 Å². The van der Waals surface area contributed by atoms with Crippen LogP contribution in [0.15, 0.2) is 97.1 Å². The van der Waals surface area contributed by atoms with Crippen LogP contribution in [0.1, 0.15) is 89.0 Å². The van der Waals surface area contributed by atoms with Gasteiger partial charge in [-0.15, -0.1) is 0 Å². The van der Waals surface area contributed by atoms with Gasteiger partial charge in [-0.05, 0) is 219 Å². The van der Waals surface area contributed by atoms with E-state index >= 15 is 0 Å². The van der Waals surface area contributed by atoms with Gasteiger partial charge in [-0.2, -0.15) is 84.2 Å². The zero-order valence-electron chi connectivity index (χ0n) is 51.5. The van der Waals surface area contributed by atoms with Gasteiger partial charge in [-0.3, -0.25) is 0 Å². The minimum Gasteiger partial charge on any atom is -0.212 e. The molecule has 0 radical (unpaired) electrons. The lowest BCUT2D eigenvalue weighted by atomic mass is 9.42. The molecule has 24 heteroatoms. The second-order valence-corrected chi connectivity index (χ2v) is 23.7. The van der Waals surface area contributed by atoms with Crippen molar-refractivity contribution in [2.45, 2.75) is 0 Å². The van der Waals surface area contributed by atoms with Gasteiger partial charge >= 0.3 is 26.9 Å². The fourth-order valence-electron chi connectivity index (χ4n) is 15.5. The maximum atomic E-state index is 11.8. The SMILES string of the molecule is N#CB1c2c(C#N)cc(C#N)cc2-c2cc(C#N)c(-c3cc(-c4c(C#N)cc5c(c4C#N)B(C#N)c4c(C#N)cc(C#N)cc4-5)cc4c(-c5c(C#N)cc6c(c5C#N)B(C#N)c5c(C#N)cc(C#N)cc5-6)cc(-c5c(C#N)cc6c(c5C#N)B(C#N)c5c(C#N)cc(C#N)cc5-6)c-4c3)c(C#N)c21. The van der Waals surface area contributed by atoms with Crippen LogP contribution in [0.2, 0.25) is 0 Å². The number of hydrogen-bond acceptors (Lipinski definition) is 20. The topological polar surface area (TPSA) is 476 Å². The van der Waals surface area contributed by atoms with Crippen LogP contribution in [0.5, 0.6) is 0 Å². The van der Waals surface area contributed by atoms with Crippen LogP contribution in [-0.2, 0) is 0 Å². The fourth-order valence-corrected chi connectivity index (χ4v) is 15.5. The van der Waals surface area contributed by atoms with Crippen molar-refractivity contribution in [2.75, 3.05) is 0 Å². The van der Waals surface area contributed by atoms with Crippen LogP contribution in [0.4, 0.5) is 0 Å². The Kier molecular flexibility index (Phi) is 14.1. The lowest BCUT2D eigenvalue weighted by Gasteiger charge is -2.15. The average molecular weight is 1280 g/mol. The highest BCUT2D eigenvalue weighted by molar-refractivity contribution is 6.98. The molecule has 0 unspecified atom stereocenters. The lowest BCUT2D eigenvalue weighted by molar-refractivity contribution is 1.44. The Morgan fingerprint density at radius 2 is 0.392 bits per heavy atom. The van der Waals surface area contributed by atoms with Crippen molar-refractivity contribution >= 4 is 70.6 Å². The number of fused-ring (bicyclic) bond motifs is 13. The number of nitriles is 20. The lowest BCUT2D eigenvalue weighted by Crippen LogP contribution is -2.40. The van der Waals surface area contributed by atoms with Crippen molar-refractivity contribution in [3.8, 4) is 221 Å². The minimum absolute atomic E-state index is 0.00209. The molecule has 14 rings (SSSR count). The van der Waals surface area contributed by atoms with E-state index in [2.05, 4.69) is 84.6 Å². The summed E-state index contributed by atoms with van der Waals surface area (Å²) in [5, 5.41) is 221. The van der Waals surface area contributed by atoms with E-state index in [0.29, 0.717) is 0 Å². The zero-order valence-corrected chi connectivity index (χ0v) is 51.5. The van der Waals surface area contributed by atoms with E-state index in [1.807, 2.05) is 36.4 Å². The van der Waals surface area contributed by atoms with Crippen molar-refractivity contribution in [3.05, 3.63) is 186 Å². The number of rotatable bonds is 4. The molecule has 0 N–H and O–H groups in total. The summed E-state index contributed by atoms with van der Waals surface area (Å²) in [6.45, 7) is -5.70. The molecule has 0 aromatic heterocycles. The number of benzene rings is 8. The van der Waals surface area contributed by atoms with E-state index in [-0.39, 0.29) is 233 Å². The molecule has 8 aromatic rings. The molecule has 8 aromatic carbocycles. The number of hydrogen-bond donors (Lipinski definition) is 0. The van der Waals surface area contributed by atoms with Crippen molar-refractivity contribution in [1.29, 1.82) is 105 Å². The Bertz CT molecular complexity index is 6430. The van der Waals surface area contributed by atoms with Crippen LogP contribution in [0, 0.1) is 226 Å². The van der Waals surface area contributed by atoms with Crippen LogP contribution < -0.4 is 43.7 Å². The summed E-state index contributed by atoms with van der Waals surface area (Å²) < 4.78 is 0. The van der Waals surface area contributed by atoms with Crippen molar-refractivity contribution in [3.63, 3.8) is 0 Å². The monoisotopic (exact) mass is 1280 g/mol. The summed E-state index contributed by atoms with van der Waals surface area (Å²) in [6.07, 6.45) is 0. The van der Waals surface area contributed by atoms with Crippen molar-refractivity contribution < 1.29 is 0 Å². The molecular weight excluding hydrogens is 1260 g/mol. The van der Waals surface area contributed by atoms with Gasteiger partial charge in [-0.1, -0.05) is 0 Å². The first-order valence-electron chi connectivity index (χ1n) is 29.9. The Balaban J connectivity index is 1.21. The largest absolute Gasteiger partial charge is 0.336 e. The van der Waals surface area contributed by atoms with Gasteiger partial charge in [0.2, 0.25) is 0 Å². The molecule has 4 heterocycles. The molecule has 6 aliphatic rings. The van der Waals surface area contributed by atoms with Gasteiger partial charge in [-0.25, -0.2) is 21.0 Å². The average Bonchev–Trinajstić information content (AvgIpc) is 1.55. The molecule has 0 fully saturated rings. The van der Waals surface area contributed by atoms with E-state index in [0.717, 1.165) is 0 Å². The Morgan fingerprint density at radius 3 is 0.608 bits per heavy atom. The van der Waals surface area contributed by atoms with Gasteiger partial charge < -0.3 is 0 Å². The third kappa shape index (κ3) is 8.21. The Labute approximate surface area is 579 Å². The van der Waals surface area contributed by atoms with Gasteiger partial charge in [0.15, 0.2) is 0 Å². The standard InChI is InChI=1S/C78H16B4N20/c83-17-37-1-47(25-91)71-55(5-37)59-12-43(21-87)67(63(29-95)75(59)79(71)33-99)41-9-42(68-44(22-88)13-60-56-6-38(18-84)2-48(26-92)72(56)80(34-100)76(60)64(68)30-96)11-52-51(10-41)53(69-45(23-89)14-61-57-7-39(19-85)3-49(27-93)73(57)81(35-101)77(61)65(69)31-97)16-54(52)70-46(24-90)15-62-58-8-40(20-86)4-50(28-94)74(58)82(36-102)78(62)66(70)32-98/h1-16H. The number of nitrogens with zero attached hydrogens (tertiary/aromatic N) is 20. The molecule has 0 saturated carbocycles. The molecule has 0 bridgehead atoms. The minimum atomic E-state index is -1.42. The van der Waals surface area contributed by atoms with Crippen LogP contribution in [-0.4, -0.2) is 26.9 Å². The van der Waals surface area contributed by atoms with E-state index in [9.17, 15) is 105 Å². The third-order valence-corrected chi connectivity index (χ3v) is 19.3. The Hall–Kier alpha value is -17.5. The third-order valence-electron chi connectivity index (χ3n) is 19.3. The maximum absolute atomic E-state index is 11.8. The molecule has 0 saturated heterocycles. The van der Waals surface area contributed by atoms with Gasteiger partial charge in [0, 0.05) is 46.1 Å². The second-order valence-electron chi connectivity index (χ2n) is 23.7. The van der Waals surface area contributed by atoms with Gasteiger partial charge in [0.25, 0.3) is 0 Å². The Morgan fingerprint density at radius 1 is 0.167 bits per heavy atom. The summed E-state index contributed by atoms with van der Waals surface area (Å²) in [4.78, 5) is 0. The second kappa shape index (κ2) is 23.2. The smallest absolute Gasteiger partial charge is 0.212 e. The molecule has 20 nitrogen and oxygen atoms in total. The quantitative estimate of drug-likeness (QED) is 0.182. The van der Waals surface area contributed by atoms with Crippen LogP contribution in [0.3, 0.4) is 0 Å². The first-order chi connectivity index (χ1) is 49.7. The van der Waals surface area contributed by atoms with Crippen LogP contribution >= 0.6 is 0 Å². The van der Waals surface area contributed by atoms with E-state index in [1.54, 1.807) is 0 Å². The summed E-state index contributed by atoms with van der Waals surface area (Å²) in [6, 6.07) is 55.6.